The summed E-state index contributed by atoms with van der Waals surface area (Å²) in [5, 5.41) is 0. The maximum Gasteiger partial charge on any atom is 0.272 e. The average Bonchev–Trinajstić information content (AvgIpc) is 1.65. The van der Waals surface area contributed by atoms with E-state index in [1.165, 1.54) is 0 Å². The van der Waals surface area contributed by atoms with Gasteiger partial charge in [0.25, 0.3) is 35.5 Å². The number of benzene rings is 5. The summed E-state index contributed by atoms with van der Waals surface area (Å²) >= 11 is 0. The number of hydrogen-bond acceptors (Lipinski definition) is 27. The number of hydrogen-bond donors (Lipinski definition) is 0. The summed E-state index contributed by atoms with van der Waals surface area (Å²) in [4.78, 5) is 125. The molecule has 0 saturated carbocycles. The van der Waals surface area contributed by atoms with Crippen molar-refractivity contribution in [3.05, 3.63) is 290 Å². The first kappa shape index (κ1) is 93.2. The third-order valence-corrected chi connectivity index (χ3v) is 28.5. The van der Waals surface area contributed by atoms with Crippen LogP contribution in [0.1, 0.15) is 107 Å². The predicted molar refractivity (Wildman–Crippen MR) is 539 cm³/mol. The molecule has 0 N–H and O–H groups in total. The second-order valence-corrected chi connectivity index (χ2v) is 38.6. The number of aryl methyl sites for hydroxylation is 5. The van der Waals surface area contributed by atoms with Crippen molar-refractivity contribution in [1.82, 2.24) is 111 Å². The van der Waals surface area contributed by atoms with E-state index in [-0.39, 0.29) is 54.7 Å². The molecule has 7 saturated heterocycles. The van der Waals surface area contributed by atoms with Gasteiger partial charge in [-0.25, -0.2) is 63.6 Å². The summed E-state index contributed by atoms with van der Waals surface area (Å²) in [6.45, 7) is 19.7. The van der Waals surface area contributed by atoms with Gasteiger partial charge in [0.05, 0.1) is 128 Å². The molecule has 0 aliphatic carbocycles. The van der Waals surface area contributed by atoms with Crippen LogP contribution in [0, 0.1) is 34.6 Å². The van der Waals surface area contributed by atoms with Crippen molar-refractivity contribution < 1.29 is 78.5 Å². The van der Waals surface area contributed by atoms with Gasteiger partial charge in [0.15, 0.2) is 63.2 Å². The zero-order valence-corrected chi connectivity index (χ0v) is 81.8. The number of aromatic nitrogens is 17. The first-order chi connectivity index (χ1) is 72.3. The van der Waals surface area contributed by atoms with Crippen LogP contribution in [0.5, 0.6) is 0 Å². The van der Waals surface area contributed by atoms with E-state index in [4.69, 9.17) is 45.8 Å². The predicted octanol–water partition coefficient (Wildman–Crippen LogP) is 15.9. The number of rotatable bonds is 11. The zero-order valence-electron chi connectivity index (χ0n) is 81.8. The molecule has 40 heteroatoms. The Morgan fingerprint density at radius 3 is 1.07 bits per heavy atom. The lowest BCUT2D eigenvalue weighted by molar-refractivity contribution is -0.225. The van der Waals surface area contributed by atoms with Crippen molar-refractivity contribution in [1.29, 1.82) is 0 Å². The number of carbonyl (C=O) groups excluding carboxylic acids is 5. The van der Waals surface area contributed by atoms with Crippen LogP contribution in [0.2, 0.25) is 0 Å². The van der Waals surface area contributed by atoms with Crippen molar-refractivity contribution in [2.75, 3.05) is 105 Å². The first-order valence-electron chi connectivity index (χ1n) is 49.3. The largest absolute Gasteiger partial charge is 0.441 e. The molecule has 24 heterocycles. The van der Waals surface area contributed by atoms with E-state index in [9.17, 15) is 32.8 Å². The molecular weight excluding hydrogens is 1910 g/mol. The maximum absolute atomic E-state index is 13.2. The highest BCUT2D eigenvalue weighted by Crippen LogP contribution is 2.39. The highest BCUT2D eigenvalue weighted by molar-refractivity contribution is 5.98. The van der Waals surface area contributed by atoms with Gasteiger partial charge in [-0.05, 0) is 190 Å². The Balaban J connectivity index is 0.0000000966. The van der Waals surface area contributed by atoms with Gasteiger partial charge >= 0.3 is 0 Å². The molecule has 0 radical (unpaired) electrons. The maximum atomic E-state index is 13.2. The SMILES string of the molecule is Cc1nc2cc(-c3ccc4ncc(C(=O)N5CC6(C5)OCCO6)n4c3)ccc2o1.Cc1nc2cc(-c3ccc4ncc(C(=O)N5CCC(N6CC(F)(F)C6)C5)n4c3)ccc2o1.Cc1nc2cc(-c3ccc4ncc(C(=O)N5CCC6(C5)OCCO6)n4c3)ccc2o1.Cc1nc2cc(-c3ccc4ncc(C(=O)N5CCOC[C@H]5C)n4c3)ccc2o1.Cc1nc2cc(-c3ccc4ncc(C(=O)N5CCn6cncc6C5)n4c3)ccc2o1. The number of alkyl halides is 2. The molecule has 5 amide bonds. The van der Waals surface area contributed by atoms with E-state index in [1.807, 2.05) is 264 Å². The molecule has 7 fully saturated rings. The van der Waals surface area contributed by atoms with Gasteiger partial charge in [-0.2, -0.15) is 0 Å². The molecule has 0 bridgehead atoms. The zero-order chi connectivity index (χ0) is 101. The van der Waals surface area contributed by atoms with E-state index in [2.05, 4.69) is 59.4 Å². The number of carbonyl (C=O) groups is 5. The molecule has 29 rings (SSSR count). The quantitative estimate of drug-likeness (QED) is 0.116. The van der Waals surface area contributed by atoms with Crippen molar-refractivity contribution in [3.8, 4) is 55.6 Å². The molecule has 2 spiro atoms. The highest BCUT2D eigenvalue weighted by atomic mass is 19.3. The van der Waals surface area contributed by atoms with Gasteiger partial charge in [-0.3, -0.25) is 50.9 Å². The minimum absolute atomic E-state index is 0.00837. The Hall–Kier alpha value is -16.9. The topological polar surface area (TPSA) is 385 Å². The molecular formula is C109H97F2N23O15. The monoisotopic (exact) mass is 2010 g/mol. The third-order valence-electron chi connectivity index (χ3n) is 28.5. The van der Waals surface area contributed by atoms with Crippen LogP contribution in [0.15, 0.2) is 248 Å². The van der Waals surface area contributed by atoms with Crippen LogP contribution in [-0.2, 0) is 36.8 Å². The number of ether oxygens (including phenoxy) is 5. The standard InChI is InChI=1S/C23H21F2N5O2.C22H18N6O2.C22H20N4O4.C21H18N4O4.C21H20N4O3/c1-14-27-18-8-15(2-4-20(18)32-14)16-3-5-21-26-9-19(30(21)10-16)22(31)28-7-6-17(11-28)29-12-23(24,25)13-29;1-14-25-18-8-15(2-4-20(18)30-14)16-3-5-21-24-10-19(28(21)11-16)22(29)26-6-7-27-13-23-9-17(27)12-26;1-14-24-17-10-15(2-4-19(17)30-14)16-3-5-20-23-11-18(26(20)12-16)21(27)25-7-6-22(13-25)28-8-9-29-22;1-13-23-16-8-14(2-4-18(16)29-13)15-3-5-19-22-9-17(25(19)10-15)20(26)24-11-21(12-24)27-6-7-28-21;1-13-12-27-8-7-24(13)21(26)18-10-22-20-6-4-16(11-25(18)20)15-3-5-19-17(9-15)23-14(2)28-19/h2-5,8-10,17H,6-7,11-13H2,1H3;2-5,8-11,13H,6-7,12H2,1H3;2-5,10-12H,6-9,13H2,1H3;2-5,8-10H,6-7,11-12H2,1H3;3-6,9-11,13H,7-8,12H2,1-2H3/t;;;;13-/m....1/s1. The summed E-state index contributed by atoms with van der Waals surface area (Å²) < 4.78 is 93.7. The van der Waals surface area contributed by atoms with Gasteiger partial charge in [0.2, 0.25) is 5.79 Å². The lowest BCUT2D eigenvalue weighted by Gasteiger charge is -2.45. The van der Waals surface area contributed by atoms with E-state index >= 15 is 0 Å². The lowest BCUT2D eigenvalue weighted by Crippen LogP contribution is -2.64. The third kappa shape index (κ3) is 17.8. The number of halogens is 2. The summed E-state index contributed by atoms with van der Waals surface area (Å²) in [5.41, 5.74) is 24.9. The van der Waals surface area contributed by atoms with E-state index in [0.29, 0.717) is 175 Å². The average molecular weight is 2010 g/mol. The molecule has 21 aromatic rings. The normalized spacial score (nSPS) is 17.7. The van der Waals surface area contributed by atoms with Crippen molar-refractivity contribution in [2.24, 2.45) is 0 Å². The fourth-order valence-electron chi connectivity index (χ4n) is 20.9. The minimum atomic E-state index is -2.59. The van der Waals surface area contributed by atoms with Crippen molar-refractivity contribution in [2.45, 2.75) is 97.1 Å². The first-order valence-corrected chi connectivity index (χ1v) is 49.3. The van der Waals surface area contributed by atoms with E-state index < -0.39 is 17.5 Å². The number of pyridine rings is 5. The number of oxazole rings is 5. The Kier molecular flexibility index (Phi) is 23.3. The van der Waals surface area contributed by atoms with Crippen LogP contribution >= 0.6 is 0 Å². The van der Waals surface area contributed by atoms with Crippen molar-refractivity contribution >= 4 is 113 Å². The molecule has 8 aliphatic rings. The fourth-order valence-corrected chi connectivity index (χ4v) is 20.9. The Bertz CT molecular complexity index is 8870. The molecule has 149 heavy (non-hydrogen) atoms. The summed E-state index contributed by atoms with van der Waals surface area (Å²) in [6.07, 6.45) is 22.8. The van der Waals surface area contributed by atoms with Crippen LogP contribution in [-0.4, -0.2) is 275 Å². The smallest absolute Gasteiger partial charge is 0.272 e. The summed E-state index contributed by atoms with van der Waals surface area (Å²) in [5.74, 6) is -1.00. The van der Waals surface area contributed by atoms with Gasteiger partial charge in [-0.1, -0.05) is 30.3 Å². The van der Waals surface area contributed by atoms with Crippen LogP contribution in [0.4, 0.5) is 8.78 Å². The van der Waals surface area contributed by atoms with Gasteiger partial charge in [0.1, 0.15) is 84.3 Å². The summed E-state index contributed by atoms with van der Waals surface area (Å²) in [7, 11) is 0. The fraction of sp³-hybridized carbons (Fsp3) is 0.284. The molecule has 752 valence electrons. The number of amides is 5. The van der Waals surface area contributed by atoms with E-state index in [1.54, 1.807) is 55.0 Å². The second-order valence-electron chi connectivity index (χ2n) is 38.6. The molecule has 16 aromatic heterocycles. The molecule has 2 atom stereocenters. The Morgan fingerprint density at radius 1 is 0.349 bits per heavy atom. The number of likely N-dealkylation sites (tertiary alicyclic amines) is 4. The number of morpholine rings is 1. The van der Waals surface area contributed by atoms with Crippen LogP contribution < -0.4 is 0 Å². The van der Waals surface area contributed by atoms with Crippen molar-refractivity contribution in [3.63, 3.8) is 0 Å². The summed E-state index contributed by atoms with van der Waals surface area (Å²) in [6, 6.07) is 49.0. The minimum Gasteiger partial charge on any atom is -0.441 e. The lowest BCUT2D eigenvalue weighted by atomic mass is 10.1. The van der Waals surface area contributed by atoms with Gasteiger partial charge in [0, 0.05) is 124 Å². The Morgan fingerprint density at radius 2 is 0.691 bits per heavy atom. The number of imidazole rings is 6. The van der Waals surface area contributed by atoms with Crippen LogP contribution in [0.25, 0.3) is 139 Å². The van der Waals surface area contributed by atoms with Gasteiger partial charge in [-0.15, -0.1) is 0 Å². The highest BCUT2D eigenvalue weighted by Gasteiger charge is 2.52. The van der Waals surface area contributed by atoms with E-state index in [0.717, 1.165) is 146 Å². The van der Waals surface area contributed by atoms with Crippen LogP contribution in [0.3, 0.4) is 0 Å². The second kappa shape index (κ2) is 37.2. The molecule has 1 unspecified atom stereocenters. The van der Waals surface area contributed by atoms with Gasteiger partial charge < -0.3 is 74.8 Å². The molecule has 5 aromatic carbocycles. The number of fused-ring (bicyclic) bond motifs is 11. The molecule has 38 nitrogen and oxygen atoms in total. The Labute approximate surface area is 845 Å². The number of nitrogens with zero attached hydrogens (tertiary/aromatic N) is 23. The molecule has 8 aliphatic heterocycles.